The maximum absolute atomic E-state index is 12.6. The third kappa shape index (κ3) is 3.50. The Bertz CT molecular complexity index is 755. The molecule has 1 N–H and O–H groups in total. The molecule has 25 heavy (non-hydrogen) atoms. The molecule has 0 spiro atoms. The molecule has 5 heteroatoms. The van der Waals surface area contributed by atoms with Gasteiger partial charge in [-0.05, 0) is 37.3 Å². The second kappa shape index (κ2) is 7.21. The second-order valence-corrected chi connectivity index (χ2v) is 6.95. The van der Waals surface area contributed by atoms with Crippen LogP contribution in [0.1, 0.15) is 54.6 Å². The van der Waals surface area contributed by atoms with Gasteiger partial charge >= 0.3 is 0 Å². The first-order valence-electron chi connectivity index (χ1n) is 9.29. The second-order valence-electron chi connectivity index (χ2n) is 6.95. The minimum Gasteiger partial charge on any atom is -0.348 e. The number of rotatable bonds is 3. The van der Waals surface area contributed by atoms with Gasteiger partial charge in [-0.3, -0.25) is 4.79 Å². The van der Waals surface area contributed by atoms with Crippen LogP contribution in [0.2, 0.25) is 0 Å². The Labute approximate surface area is 148 Å². The van der Waals surface area contributed by atoms with Crippen molar-refractivity contribution in [3.63, 3.8) is 0 Å². The summed E-state index contributed by atoms with van der Waals surface area (Å²) in [7, 11) is 0. The van der Waals surface area contributed by atoms with E-state index in [0.29, 0.717) is 5.69 Å². The Kier molecular flexibility index (Phi) is 4.63. The van der Waals surface area contributed by atoms with E-state index in [1.165, 1.54) is 36.8 Å². The Morgan fingerprint density at radius 3 is 2.80 bits per heavy atom. The van der Waals surface area contributed by atoms with Gasteiger partial charge in [-0.1, -0.05) is 37.5 Å². The summed E-state index contributed by atoms with van der Waals surface area (Å²) in [6, 6.07) is 10.5. The van der Waals surface area contributed by atoms with E-state index in [-0.39, 0.29) is 11.9 Å². The molecule has 0 unspecified atom stereocenters. The minimum absolute atomic E-state index is 0.0826. The number of carbonyl (C=O) groups excluding carboxylic acids is 1. The van der Waals surface area contributed by atoms with E-state index in [0.717, 1.165) is 38.0 Å². The zero-order valence-electron chi connectivity index (χ0n) is 14.4. The van der Waals surface area contributed by atoms with Crippen molar-refractivity contribution in [2.24, 2.45) is 0 Å². The number of anilines is 2. The lowest BCUT2D eigenvalue weighted by molar-refractivity contribution is 0.0922. The van der Waals surface area contributed by atoms with E-state index in [4.69, 9.17) is 0 Å². The highest BCUT2D eigenvalue weighted by Gasteiger charge is 2.21. The predicted octanol–water partition coefficient (Wildman–Crippen LogP) is 3.62. The molecule has 0 saturated heterocycles. The zero-order chi connectivity index (χ0) is 17.1. The van der Waals surface area contributed by atoms with Crippen LogP contribution in [-0.2, 0) is 6.42 Å². The number of hydrogen-bond acceptors (Lipinski definition) is 4. The monoisotopic (exact) mass is 336 g/mol. The van der Waals surface area contributed by atoms with Crippen LogP contribution in [0.4, 0.5) is 11.5 Å². The predicted molar refractivity (Wildman–Crippen MR) is 98.1 cm³/mol. The molecule has 1 aromatic heterocycles. The van der Waals surface area contributed by atoms with Crippen molar-refractivity contribution in [3.8, 4) is 0 Å². The van der Waals surface area contributed by atoms with Gasteiger partial charge in [0.05, 0.1) is 0 Å². The van der Waals surface area contributed by atoms with Gasteiger partial charge in [0.1, 0.15) is 17.8 Å². The highest BCUT2D eigenvalue weighted by atomic mass is 16.1. The lowest BCUT2D eigenvalue weighted by Gasteiger charge is -2.30. The summed E-state index contributed by atoms with van der Waals surface area (Å²) in [5.74, 6) is 0.719. The van der Waals surface area contributed by atoms with E-state index in [1.54, 1.807) is 0 Å². The largest absolute Gasteiger partial charge is 0.348 e. The smallest absolute Gasteiger partial charge is 0.270 e. The van der Waals surface area contributed by atoms with Crippen LogP contribution in [0.25, 0.3) is 0 Å². The molecule has 1 aromatic carbocycles. The van der Waals surface area contributed by atoms with Crippen LogP contribution in [0.3, 0.4) is 0 Å². The number of aromatic nitrogens is 2. The molecule has 1 amide bonds. The molecule has 4 rings (SSSR count). The van der Waals surface area contributed by atoms with Gasteiger partial charge in [-0.25, -0.2) is 9.97 Å². The number of nitrogens with zero attached hydrogens (tertiary/aromatic N) is 3. The van der Waals surface area contributed by atoms with Crippen molar-refractivity contribution in [2.75, 3.05) is 11.4 Å². The van der Waals surface area contributed by atoms with Crippen LogP contribution in [-0.4, -0.2) is 28.5 Å². The molecule has 1 fully saturated rings. The lowest BCUT2D eigenvalue weighted by Crippen LogP contribution is -2.36. The van der Waals surface area contributed by atoms with Gasteiger partial charge in [-0.15, -0.1) is 0 Å². The molecular weight excluding hydrogens is 312 g/mol. The highest BCUT2D eigenvalue weighted by molar-refractivity contribution is 5.93. The summed E-state index contributed by atoms with van der Waals surface area (Å²) in [4.78, 5) is 23.4. The Balaban J connectivity index is 1.55. The third-order valence-electron chi connectivity index (χ3n) is 5.21. The molecule has 5 nitrogen and oxygen atoms in total. The molecule has 2 aliphatic rings. The van der Waals surface area contributed by atoms with E-state index in [1.807, 2.05) is 6.07 Å². The fraction of sp³-hybridized carbons (Fsp3) is 0.450. The summed E-state index contributed by atoms with van der Waals surface area (Å²) in [5.41, 5.74) is 2.98. The van der Waals surface area contributed by atoms with Crippen molar-refractivity contribution >= 4 is 17.4 Å². The molecular formula is C20H24N4O. The third-order valence-corrected chi connectivity index (χ3v) is 5.21. The first-order chi connectivity index (χ1) is 12.3. The molecule has 2 aromatic rings. The van der Waals surface area contributed by atoms with Crippen molar-refractivity contribution in [1.82, 2.24) is 15.3 Å². The number of para-hydroxylation sites is 1. The lowest BCUT2D eigenvalue weighted by atomic mass is 9.95. The number of nitrogens with one attached hydrogen (secondary N) is 1. The molecule has 1 saturated carbocycles. The number of carbonyl (C=O) groups is 1. The minimum atomic E-state index is -0.0826. The van der Waals surface area contributed by atoms with E-state index in [9.17, 15) is 4.79 Å². The Morgan fingerprint density at radius 2 is 1.92 bits per heavy atom. The number of hydrogen-bond donors (Lipinski definition) is 1. The standard InChI is InChI=1S/C20H24N4O/c25-20(23-16-9-2-1-3-10-16)17-13-19(22-14-21-17)24-12-6-8-15-7-4-5-11-18(15)24/h4-5,7,11,13-14,16H,1-3,6,8-10,12H2,(H,23,25). The Hall–Kier alpha value is -2.43. The van der Waals surface area contributed by atoms with Gasteiger partial charge in [0.25, 0.3) is 5.91 Å². The fourth-order valence-electron chi connectivity index (χ4n) is 3.90. The van der Waals surface area contributed by atoms with Crippen LogP contribution >= 0.6 is 0 Å². The van der Waals surface area contributed by atoms with Crippen molar-refractivity contribution in [2.45, 2.75) is 51.0 Å². The maximum atomic E-state index is 12.6. The van der Waals surface area contributed by atoms with Gasteiger partial charge in [0, 0.05) is 24.3 Å². The molecule has 130 valence electrons. The molecule has 0 atom stereocenters. The molecule has 1 aliphatic heterocycles. The Morgan fingerprint density at radius 1 is 1.08 bits per heavy atom. The SMILES string of the molecule is O=C(NC1CCCCC1)c1cc(N2CCCc3ccccc32)ncn1. The van der Waals surface area contributed by atoms with E-state index < -0.39 is 0 Å². The summed E-state index contributed by atoms with van der Waals surface area (Å²) < 4.78 is 0. The summed E-state index contributed by atoms with van der Waals surface area (Å²) in [6.07, 6.45) is 9.50. The molecule has 1 aliphatic carbocycles. The summed E-state index contributed by atoms with van der Waals surface area (Å²) >= 11 is 0. The van der Waals surface area contributed by atoms with Crippen molar-refractivity contribution < 1.29 is 4.79 Å². The van der Waals surface area contributed by atoms with Crippen molar-refractivity contribution in [1.29, 1.82) is 0 Å². The summed E-state index contributed by atoms with van der Waals surface area (Å²) in [6.45, 7) is 0.914. The van der Waals surface area contributed by atoms with E-state index in [2.05, 4.69) is 44.5 Å². The van der Waals surface area contributed by atoms with Crippen LogP contribution in [0.5, 0.6) is 0 Å². The quantitative estimate of drug-likeness (QED) is 0.930. The first kappa shape index (κ1) is 16.1. The number of fused-ring (bicyclic) bond motifs is 1. The van der Waals surface area contributed by atoms with Crippen LogP contribution < -0.4 is 10.2 Å². The maximum Gasteiger partial charge on any atom is 0.270 e. The number of benzene rings is 1. The number of amides is 1. The average molecular weight is 336 g/mol. The molecule has 2 heterocycles. The average Bonchev–Trinajstić information content (AvgIpc) is 2.68. The van der Waals surface area contributed by atoms with Crippen LogP contribution in [0, 0.1) is 0 Å². The summed E-state index contributed by atoms with van der Waals surface area (Å²) in [5, 5.41) is 3.14. The molecule has 0 bridgehead atoms. The highest BCUT2D eigenvalue weighted by Crippen LogP contribution is 2.32. The molecule has 0 radical (unpaired) electrons. The number of aryl methyl sites for hydroxylation is 1. The van der Waals surface area contributed by atoms with Gasteiger partial charge in [0.2, 0.25) is 0 Å². The van der Waals surface area contributed by atoms with E-state index >= 15 is 0 Å². The zero-order valence-corrected chi connectivity index (χ0v) is 14.4. The topological polar surface area (TPSA) is 58.1 Å². The normalized spacial score (nSPS) is 17.8. The fourth-order valence-corrected chi connectivity index (χ4v) is 3.90. The first-order valence-corrected chi connectivity index (χ1v) is 9.29. The van der Waals surface area contributed by atoms with Crippen molar-refractivity contribution in [3.05, 3.63) is 47.9 Å². The van der Waals surface area contributed by atoms with Gasteiger partial charge < -0.3 is 10.2 Å². The van der Waals surface area contributed by atoms with Gasteiger partial charge in [0.15, 0.2) is 0 Å². The van der Waals surface area contributed by atoms with Gasteiger partial charge in [-0.2, -0.15) is 0 Å². The van der Waals surface area contributed by atoms with Crippen LogP contribution in [0.15, 0.2) is 36.7 Å².